The van der Waals surface area contributed by atoms with Crippen LogP contribution in [0.15, 0.2) is 34.9 Å². The number of carboxylic acid groups (broad SMARTS) is 1. The summed E-state index contributed by atoms with van der Waals surface area (Å²) in [5.74, 6) is -1.55. The number of benzene rings is 1. The molecule has 0 aliphatic carbocycles. The van der Waals surface area contributed by atoms with Gasteiger partial charge in [0.1, 0.15) is 34.5 Å². The van der Waals surface area contributed by atoms with Gasteiger partial charge in [0.2, 0.25) is 5.91 Å². The second-order valence-electron chi connectivity index (χ2n) is 7.38. The first-order valence-corrected chi connectivity index (χ1v) is 9.65. The smallest absolute Gasteiger partial charge is 0.480 e. The molecular formula is C19H21N3NaO6S+. The zero-order valence-electron chi connectivity index (χ0n) is 17.0. The molecule has 4 N–H and O–H groups in total. The average Bonchev–Trinajstić information content (AvgIpc) is 3.15. The van der Waals surface area contributed by atoms with Gasteiger partial charge in [0.15, 0.2) is 0 Å². The van der Waals surface area contributed by atoms with Gasteiger partial charge in [-0.25, -0.2) is 4.79 Å². The van der Waals surface area contributed by atoms with Gasteiger partial charge in [-0.1, -0.05) is 35.5 Å². The van der Waals surface area contributed by atoms with Gasteiger partial charge in [-0.15, -0.1) is 11.8 Å². The molecule has 2 aliphatic heterocycles. The first-order chi connectivity index (χ1) is 13.2. The Labute approximate surface area is 199 Å². The van der Waals surface area contributed by atoms with Gasteiger partial charge in [0.05, 0.1) is 0 Å². The third-order valence-electron chi connectivity index (χ3n) is 5.10. The topological polar surface area (TPSA) is 144 Å². The van der Waals surface area contributed by atoms with Crippen molar-refractivity contribution >= 4 is 29.5 Å². The Balaban J connectivity index is 0.00000160. The van der Waals surface area contributed by atoms with Crippen LogP contribution in [0, 0.1) is 6.92 Å². The second-order valence-corrected chi connectivity index (χ2v) is 9.15. The number of hydrogen-bond acceptors (Lipinski definition) is 6. The van der Waals surface area contributed by atoms with Crippen molar-refractivity contribution in [2.75, 3.05) is 0 Å². The Morgan fingerprint density at radius 3 is 2.50 bits per heavy atom. The quantitative estimate of drug-likeness (QED) is 0.415. The number of carboxylic acids is 1. The molecule has 0 unspecified atom stereocenters. The molecule has 2 saturated heterocycles. The zero-order chi connectivity index (χ0) is 20.2. The molecule has 0 saturated carbocycles. The van der Waals surface area contributed by atoms with E-state index in [4.69, 9.17) is 4.52 Å². The van der Waals surface area contributed by atoms with E-state index in [-0.39, 0.29) is 46.5 Å². The second kappa shape index (κ2) is 8.72. The molecule has 1 aromatic heterocycles. The van der Waals surface area contributed by atoms with Crippen molar-refractivity contribution in [1.29, 1.82) is 0 Å². The minimum Gasteiger partial charge on any atom is -0.480 e. The maximum atomic E-state index is 12.9. The van der Waals surface area contributed by atoms with Crippen LogP contribution in [-0.4, -0.2) is 60.6 Å². The fourth-order valence-electron chi connectivity index (χ4n) is 3.79. The summed E-state index contributed by atoms with van der Waals surface area (Å²) < 4.78 is 4.57. The summed E-state index contributed by atoms with van der Waals surface area (Å²) in [6.07, 6.45) is 0. The predicted octanol–water partition coefficient (Wildman–Crippen LogP) is -1.93. The molecule has 4 rings (SSSR count). The monoisotopic (exact) mass is 442 g/mol. The molecule has 0 bridgehead atoms. The Kier molecular flexibility index (Phi) is 7.10. The molecule has 0 spiro atoms. The molecule has 0 radical (unpaired) electrons. The maximum absolute atomic E-state index is 12.9. The van der Waals surface area contributed by atoms with Crippen LogP contribution in [0.1, 0.15) is 30.0 Å². The molecule has 2 fully saturated rings. The summed E-state index contributed by atoms with van der Waals surface area (Å²) in [5, 5.41) is 15.8. The normalized spacial score (nSPS) is 23.5. The van der Waals surface area contributed by atoms with E-state index in [9.17, 15) is 19.5 Å². The van der Waals surface area contributed by atoms with Gasteiger partial charge < -0.3 is 25.3 Å². The van der Waals surface area contributed by atoms with Gasteiger partial charge in [0.25, 0.3) is 5.91 Å². The van der Waals surface area contributed by atoms with Gasteiger partial charge in [-0.3, -0.25) is 9.59 Å². The van der Waals surface area contributed by atoms with Crippen molar-refractivity contribution in [3.05, 3.63) is 41.7 Å². The number of nitrogens with one attached hydrogen (secondary N) is 1. The van der Waals surface area contributed by atoms with E-state index in [2.05, 4.69) is 10.5 Å². The van der Waals surface area contributed by atoms with Crippen molar-refractivity contribution in [2.45, 2.75) is 43.0 Å². The molecule has 154 valence electrons. The third kappa shape index (κ3) is 3.78. The van der Waals surface area contributed by atoms with Crippen molar-refractivity contribution in [2.24, 2.45) is 0 Å². The summed E-state index contributed by atoms with van der Waals surface area (Å²) >= 11 is 1.38. The number of carbonyl (C=O) groups excluding carboxylic acids is 2. The first-order valence-electron chi connectivity index (χ1n) is 8.77. The molecule has 2 aliphatic rings. The first kappa shape index (κ1) is 24.4. The molecule has 1 aromatic carbocycles. The van der Waals surface area contributed by atoms with E-state index in [0.29, 0.717) is 11.5 Å². The third-order valence-corrected chi connectivity index (χ3v) is 6.67. The Bertz CT molecular complexity index is 980. The van der Waals surface area contributed by atoms with Crippen LogP contribution in [-0.2, 0) is 9.59 Å². The summed E-state index contributed by atoms with van der Waals surface area (Å²) in [7, 11) is 0. The van der Waals surface area contributed by atoms with Crippen molar-refractivity contribution in [3.8, 4) is 11.3 Å². The molecule has 3 heterocycles. The summed E-state index contributed by atoms with van der Waals surface area (Å²) in [5.41, 5.74) is 1.41. The SMILES string of the molecule is Cc1onc(-c2ccccc2)c1C(=O)N[C@@H]1C(=O)N2[C@@H]1SC(C)(C)[C@@H]2C(=O)O.O.[Na+]. The minimum atomic E-state index is -1.04. The number of β-lactam (4-membered cyclic amide) rings is 1. The van der Waals surface area contributed by atoms with E-state index in [1.54, 1.807) is 20.8 Å². The largest absolute Gasteiger partial charge is 1.00 e. The van der Waals surface area contributed by atoms with Crippen LogP contribution < -0.4 is 34.9 Å². The fourth-order valence-corrected chi connectivity index (χ4v) is 5.42. The fraction of sp³-hybridized carbons (Fsp3) is 0.368. The molecule has 11 heteroatoms. The number of aliphatic carboxylic acids is 1. The minimum absolute atomic E-state index is 0. The van der Waals surface area contributed by atoms with E-state index in [1.165, 1.54) is 16.7 Å². The van der Waals surface area contributed by atoms with Gasteiger partial charge >= 0.3 is 35.5 Å². The molecule has 2 amide bonds. The number of fused-ring (bicyclic) bond motifs is 1. The van der Waals surface area contributed by atoms with Crippen LogP contribution in [0.5, 0.6) is 0 Å². The molecular weight excluding hydrogens is 421 g/mol. The zero-order valence-corrected chi connectivity index (χ0v) is 19.8. The van der Waals surface area contributed by atoms with Crippen LogP contribution in [0.25, 0.3) is 11.3 Å². The van der Waals surface area contributed by atoms with Crippen molar-refractivity contribution < 1.29 is 59.0 Å². The predicted molar refractivity (Wildman–Crippen MR) is 105 cm³/mol. The van der Waals surface area contributed by atoms with Crippen LogP contribution in [0.2, 0.25) is 0 Å². The van der Waals surface area contributed by atoms with Crippen LogP contribution in [0.4, 0.5) is 0 Å². The van der Waals surface area contributed by atoms with Gasteiger partial charge in [-0.05, 0) is 20.8 Å². The molecule has 2 aromatic rings. The number of aromatic nitrogens is 1. The summed E-state index contributed by atoms with van der Waals surface area (Å²) in [6.45, 7) is 5.22. The van der Waals surface area contributed by atoms with Crippen molar-refractivity contribution in [3.63, 3.8) is 0 Å². The average molecular weight is 442 g/mol. The Morgan fingerprint density at radius 2 is 1.90 bits per heavy atom. The summed E-state index contributed by atoms with van der Waals surface area (Å²) in [6, 6.07) is 7.46. The van der Waals surface area contributed by atoms with E-state index in [1.807, 2.05) is 30.3 Å². The molecule has 9 nitrogen and oxygen atoms in total. The Hall–Kier alpha value is -1.85. The number of thioether (sulfide) groups is 1. The number of amides is 2. The van der Waals surface area contributed by atoms with Crippen LogP contribution >= 0.6 is 11.8 Å². The number of nitrogens with zero attached hydrogens (tertiary/aromatic N) is 2. The number of carbonyl (C=O) groups is 3. The van der Waals surface area contributed by atoms with Crippen molar-refractivity contribution in [1.82, 2.24) is 15.4 Å². The molecule has 3 atom stereocenters. The number of rotatable bonds is 4. The summed E-state index contributed by atoms with van der Waals surface area (Å²) in [4.78, 5) is 38.5. The molecule has 30 heavy (non-hydrogen) atoms. The van der Waals surface area contributed by atoms with E-state index < -0.39 is 34.1 Å². The van der Waals surface area contributed by atoms with Crippen LogP contribution in [0.3, 0.4) is 0 Å². The number of aryl methyl sites for hydroxylation is 1. The standard InChI is InChI=1S/C19H19N3O5S.Na.H2O/c1-9-11(12(21-27-9)10-7-5-4-6-8-10)15(23)20-13-16(24)22-14(18(25)26)19(2,3)28-17(13)22;;/h4-8,13-14,17H,1-3H3,(H,20,23)(H,25,26);;1H2/q;+1;/t13-,14+,17-;;/m1../s1. The number of hydrogen-bond donors (Lipinski definition) is 2. The maximum Gasteiger partial charge on any atom is 1.00 e. The van der Waals surface area contributed by atoms with E-state index >= 15 is 0 Å². The van der Waals surface area contributed by atoms with Gasteiger partial charge in [0, 0.05) is 10.3 Å². The van der Waals surface area contributed by atoms with Gasteiger partial charge in [-0.2, -0.15) is 0 Å². The Morgan fingerprint density at radius 1 is 1.27 bits per heavy atom. The van der Waals surface area contributed by atoms with E-state index in [0.717, 1.165) is 5.56 Å².